The molecule has 0 radical (unpaired) electrons. The molecular weight excluding hydrogens is 432 g/mol. The number of thiazole rings is 1. The van der Waals surface area contributed by atoms with Crippen LogP contribution in [-0.2, 0) is 0 Å². The number of methoxy groups -OCH3 is 1. The number of halogens is 1. The molecule has 0 saturated heterocycles. The van der Waals surface area contributed by atoms with Gasteiger partial charge in [-0.1, -0.05) is 46.8 Å². The molecule has 4 rings (SSSR count). The van der Waals surface area contributed by atoms with Crippen molar-refractivity contribution in [3.63, 3.8) is 0 Å². The van der Waals surface area contributed by atoms with Gasteiger partial charge in [0.15, 0.2) is 22.3 Å². The molecule has 0 saturated carbocycles. The third kappa shape index (κ3) is 4.12. The summed E-state index contributed by atoms with van der Waals surface area (Å²) in [5.74, 6) is -0.756. The number of anilines is 1. The van der Waals surface area contributed by atoms with Crippen LogP contribution in [0.3, 0.4) is 0 Å². The number of pyridine rings is 2. The second-order valence-corrected chi connectivity index (χ2v) is 8.14. The van der Waals surface area contributed by atoms with E-state index in [4.69, 9.17) is 16.3 Å². The van der Waals surface area contributed by atoms with Gasteiger partial charge in [0.25, 0.3) is 5.91 Å². The number of carbonyl (C=O) groups is 1. The number of amides is 1. The van der Waals surface area contributed by atoms with Gasteiger partial charge in [0.05, 0.1) is 12.1 Å². The van der Waals surface area contributed by atoms with Crippen LogP contribution >= 0.6 is 34.7 Å². The molecule has 146 valence electrons. The first-order valence-corrected chi connectivity index (χ1v) is 10.3. The van der Waals surface area contributed by atoms with Crippen molar-refractivity contribution >= 4 is 56.1 Å². The third-order valence-corrected chi connectivity index (χ3v) is 6.16. The Kier molecular flexibility index (Phi) is 5.52. The van der Waals surface area contributed by atoms with Gasteiger partial charge in [-0.05, 0) is 24.3 Å². The molecule has 1 amide bonds. The lowest BCUT2D eigenvalue weighted by Crippen LogP contribution is -2.13. The lowest BCUT2D eigenvalue weighted by atomic mass is 10.3. The van der Waals surface area contributed by atoms with E-state index in [1.807, 2.05) is 36.4 Å². The van der Waals surface area contributed by atoms with E-state index in [2.05, 4.69) is 20.3 Å². The van der Waals surface area contributed by atoms with Crippen LogP contribution in [0.25, 0.3) is 10.3 Å². The fourth-order valence-corrected chi connectivity index (χ4v) is 4.43. The normalized spacial score (nSPS) is 10.8. The maximum atomic E-state index is 12.5. The molecule has 0 aliphatic carbocycles. The van der Waals surface area contributed by atoms with Crippen LogP contribution in [0, 0.1) is 0 Å². The summed E-state index contributed by atoms with van der Waals surface area (Å²) in [6, 6.07) is 12.7. The number of hydrogen-bond acceptors (Lipinski definition) is 8. The molecule has 0 fully saturated rings. The van der Waals surface area contributed by atoms with Gasteiger partial charge in [-0.3, -0.25) is 10.1 Å². The van der Waals surface area contributed by atoms with E-state index < -0.39 is 5.91 Å². The predicted molar refractivity (Wildman–Crippen MR) is 113 cm³/mol. The van der Waals surface area contributed by atoms with Crippen molar-refractivity contribution in [1.29, 1.82) is 0 Å². The summed E-state index contributed by atoms with van der Waals surface area (Å²) >= 11 is 8.88. The Balaban J connectivity index is 1.56. The molecule has 4 aromatic rings. The van der Waals surface area contributed by atoms with Crippen molar-refractivity contribution in [2.24, 2.45) is 0 Å². The SMILES string of the molecule is COc1ccnc(C(=O)Nc2nc3ccc(Sc4ccccc4Cl)nc3s2)c1O. The number of rotatable bonds is 5. The monoisotopic (exact) mass is 444 g/mol. The van der Waals surface area contributed by atoms with E-state index in [-0.39, 0.29) is 17.2 Å². The minimum atomic E-state index is -0.592. The highest BCUT2D eigenvalue weighted by molar-refractivity contribution is 7.99. The van der Waals surface area contributed by atoms with Crippen molar-refractivity contribution < 1.29 is 14.6 Å². The standard InChI is InChI=1S/C19H13ClN4O3S2/c1-27-12-8-9-21-15(16(12)25)17(26)24-19-22-11-6-7-14(23-18(11)29-19)28-13-5-3-2-4-10(13)20/h2-9,25H,1H3,(H,22,24,26). The molecule has 0 aliphatic rings. The highest BCUT2D eigenvalue weighted by Gasteiger charge is 2.18. The second kappa shape index (κ2) is 8.24. The minimum Gasteiger partial charge on any atom is -0.503 e. The van der Waals surface area contributed by atoms with Gasteiger partial charge in [0, 0.05) is 17.2 Å². The Labute approximate surface area is 178 Å². The number of carbonyl (C=O) groups excluding carboxylic acids is 1. The topological polar surface area (TPSA) is 97.2 Å². The molecule has 0 unspecified atom stereocenters. The number of aromatic hydroxyl groups is 1. The van der Waals surface area contributed by atoms with Crippen molar-refractivity contribution in [3.8, 4) is 11.5 Å². The van der Waals surface area contributed by atoms with E-state index in [0.717, 1.165) is 9.92 Å². The molecule has 3 aromatic heterocycles. The number of hydrogen-bond donors (Lipinski definition) is 2. The van der Waals surface area contributed by atoms with Crippen LogP contribution in [0.5, 0.6) is 11.5 Å². The zero-order chi connectivity index (χ0) is 20.4. The third-order valence-electron chi connectivity index (χ3n) is 3.82. The minimum absolute atomic E-state index is 0.147. The fourth-order valence-electron chi connectivity index (χ4n) is 2.47. The van der Waals surface area contributed by atoms with E-state index in [1.165, 1.54) is 42.5 Å². The van der Waals surface area contributed by atoms with Gasteiger partial charge in [0.1, 0.15) is 15.4 Å². The molecule has 1 aromatic carbocycles. The number of ether oxygens (including phenoxy) is 1. The van der Waals surface area contributed by atoms with Gasteiger partial charge in [0.2, 0.25) is 0 Å². The molecule has 0 atom stereocenters. The van der Waals surface area contributed by atoms with E-state index in [1.54, 1.807) is 0 Å². The highest BCUT2D eigenvalue weighted by Crippen LogP contribution is 2.34. The molecule has 0 spiro atoms. The number of aromatic nitrogens is 3. The summed E-state index contributed by atoms with van der Waals surface area (Å²) in [6.07, 6.45) is 1.38. The van der Waals surface area contributed by atoms with Gasteiger partial charge in [-0.25, -0.2) is 15.0 Å². The van der Waals surface area contributed by atoms with Gasteiger partial charge >= 0.3 is 0 Å². The summed E-state index contributed by atoms with van der Waals surface area (Å²) in [6.45, 7) is 0. The molecule has 29 heavy (non-hydrogen) atoms. The van der Waals surface area contributed by atoms with Crippen LogP contribution in [0.15, 0.2) is 58.6 Å². The first-order chi connectivity index (χ1) is 14.0. The van der Waals surface area contributed by atoms with Crippen molar-refractivity contribution in [1.82, 2.24) is 15.0 Å². The maximum absolute atomic E-state index is 12.5. The second-order valence-electron chi connectivity index (χ2n) is 5.69. The molecule has 0 bridgehead atoms. The molecule has 10 heteroatoms. The Hall–Kier alpha value is -2.88. The zero-order valence-electron chi connectivity index (χ0n) is 14.9. The van der Waals surface area contributed by atoms with Crippen molar-refractivity contribution in [2.75, 3.05) is 12.4 Å². The zero-order valence-corrected chi connectivity index (χ0v) is 17.3. The van der Waals surface area contributed by atoms with Crippen molar-refractivity contribution in [2.45, 2.75) is 9.92 Å². The summed E-state index contributed by atoms with van der Waals surface area (Å²) in [5.41, 5.74) is 0.503. The summed E-state index contributed by atoms with van der Waals surface area (Å²) < 4.78 is 5.00. The van der Waals surface area contributed by atoms with Crippen LogP contribution in [0.1, 0.15) is 10.5 Å². The maximum Gasteiger partial charge on any atom is 0.280 e. The van der Waals surface area contributed by atoms with E-state index >= 15 is 0 Å². The summed E-state index contributed by atoms with van der Waals surface area (Å²) in [7, 11) is 1.40. The quantitative estimate of drug-likeness (QED) is 0.453. The van der Waals surface area contributed by atoms with Gasteiger partial charge < -0.3 is 9.84 Å². The number of fused-ring (bicyclic) bond motifs is 1. The van der Waals surface area contributed by atoms with Crippen molar-refractivity contribution in [3.05, 3.63) is 59.4 Å². The summed E-state index contributed by atoms with van der Waals surface area (Å²) in [4.78, 5) is 26.9. The Morgan fingerprint density at radius 1 is 1.21 bits per heavy atom. The smallest absolute Gasteiger partial charge is 0.280 e. The first-order valence-electron chi connectivity index (χ1n) is 8.28. The largest absolute Gasteiger partial charge is 0.503 e. The average Bonchev–Trinajstić information content (AvgIpc) is 3.11. The van der Waals surface area contributed by atoms with Crippen LogP contribution in [0.4, 0.5) is 5.13 Å². The van der Waals surface area contributed by atoms with E-state index in [9.17, 15) is 9.90 Å². The Morgan fingerprint density at radius 2 is 2.03 bits per heavy atom. The van der Waals surface area contributed by atoms with Crippen LogP contribution in [0.2, 0.25) is 5.02 Å². The van der Waals surface area contributed by atoms with Crippen LogP contribution < -0.4 is 10.1 Å². The number of nitrogens with zero attached hydrogens (tertiary/aromatic N) is 3. The molecular formula is C19H13ClN4O3S2. The van der Waals surface area contributed by atoms with Gasteiger partial charge in [-0.2, -0.15) is 0 Å². The Morgan fingerprint density at radius 3 is 2.83 bits per heavy atom. The fraction of sp³-hybridized carbons (Fsp3) is 0.0526. The highest BCUT2D eigenvalue weighted by atomic mass is 35.5. The lowest BCUT2D eigenvalue weighted by Gasteiger charge is -2.06. The first kappa shape index (κ1) is 19.4. The van der Waals surface area contributed by atoms with Crippen LogP contribution in [-0.4, -0.2) is 33.1 Å². The Bertz CT molecular complexity index is 1220. The molecule has 7 nitrogen and oxygen atoms in total. The number of benzene rings is 1. The molecule has 3 heterocycles. The lowest BCUT2D eigenvalue weighted by molar-refractivity contribution is 0.101. The average molecular weight is 445 g/mol. The van der Waals surface area contributed by atoms with Gasteiger partial charge in [-0.15, -0.1) is 0 Å². The number of nitrogens with one attached hydrogen (secondary N) is 1. The van der Waals surface area contributed by atoms with E-state index in [0.29, 0.717) is 20.5 Å². The molecule has 2 N–H and O–H groups in total. The predicted octanol–water partition coefficient (Wildman–Crippen LogP) is 4.86. The summed E-state index contributed by atoms with van der Waals surface area (Å²) in [5, 5.41) is 14.5. The molecule has 0 aliphatic heterocycles.